The Morgan fingerprint density at radius 2 is 2.19 bits per heavy atom. The Morgan fingerprint density at radius 3 is 2.75 bits per heavy atom. The van der Waals surface area contributed by atoms with Gasteiger partial charge in [0.1, 0.15) is 0 Å². The summed E-state index contributed by atoms with van der Waals surface area (Å²) in [5.74, 6) is 0.455. The molecular weight excluding hydrogens is 202 g/mol. The minimum Gasteiger partial charge on any atom is -0.326 e. The van der Waals surface area contributed by atoms with E-state index in [1.165, 1.54) is 0 Å². The predicted octanol–water partition coefficient (Wildman–Crippen LogP) is 1.36. The fraction of sp³-hybridized carbons (Fsp3) is 0.750. The molecule has 2 rings (SSSR count). The Balaban J connectivity index is 2.07. The van der Waals surface area contributed by atoms with Crippen LogP contribution in [0.1, 0.15) is 39.2 Å². The largest absolute Gasteiger partial charge is 0.328 e. The molecule has 90 valence electrons. The van der Waals surface area contributed by atoms with E-state index in [-0.39, 0.29) is 11.7 Å². The van der Waals surface area contributed by atoms with Gasteiger partial charge in [0, 0.05) is 31.0 Å². The molecule has 1 aromatic rings. The normalized spacial score (nSPS) is 19.7. The second-order valence-electron chi connectivity index (χ2n) is 4.92. The van der Waals surface area contributed by atoms with Crippen LogP contribution in [0.15, 0.2) is 17.2 Å². The van der Waals surface area contributed by atoms with E-state index < -0.39 is 0 Å². The summed E-state index contributed by atoms with van der Waals surface area (Å²) in [6.45, 7) is 4.89. The fourth-order valence-electron chi connectivity index (χ4n) is 1.91. The summed E-state index contributed by atoms with van der Waals surface area (Å²) in [5, 5.41) is 0. The van der Waals surface area contributed by atoms with Gasteiger partial charge in [-0.05, 0) is 18.8 Å². The molecule has 0 amide bonds. The maximum absolute atomic E-state index is 12.0. The van der Waals surface area contributed by atoms with E-state index in [1.807, 2.05) is 17.0 Å². The van der Waals surface area contributed by atoms with Crippen molar-refractivity contribution in [1.29, 1.82) is 0 Å². The highest BCUT2D eigenvalue weighted by atomic mass is 16.1. The molecule has 0 radical (unpaired) electrons. The van der Waals surface area contributed by atoms with Crippen molar-refractivity contribution in [3.63, 3.8) is 0 Å². The van der Waals surface area contributed by atoms with Crippen LogP contribution in [0.2, 0.25) is 0 Å². The lowest BCUT2D eigenvalue weighted by Crippen LogP contribution is -2.36. The van der Waals surface area contributed by atoms with E-state index in [0.717, 1.165) is 19.3 Å². The van der Waals surface area contributed by atoms with Crippen molar-refractivity contribution < 1.29 is 0 Å². The molecule has 0 bridgehead atoms. The third-order valence-corrected chi connectivity index (χ3v) is 3.60. The molecule has 0 spiro atoms. The van der Waals surface area contributed by atoms with Crippen molar-refractivity contribution in [2.24, 2.45) is 11.7 Å². The molecule has 1 heterocycles. The first-order valence-corrected chi connectivity index (χ1v) is 6.16. The molecule has 4 heteroatoms. The molecule has 1 saturated carbocycles. The lowest BCUT2D eigenvalue weighted by molar-refractivity contribution is 0.390. The molecule has 2 atom stereocenters. The Bertz CT molecular complexity index is 403. The quantitative estimate of drug-likeness (QED) is 0.819. The number of hydrogen-bond acceptors (Lipinski definition) is 2. The molecular formula is C12H21N3O. The number of rotatable bonds is 5. The van der Waals surface area contributed by atoms with Crippen molar-refractivity contribution in [3.8, 4) is 0 Å². The first-order chi connectivity index (χ1) is 7.63. The zero-order valence-corrected chi connectivity index (χ0v) is 10.1. The number of nitrogens with two attached hydrogens (primary N) is 1. The second-order valence-corrected chi connectivity index (χ2v) is 4.92. The van der Waals surface area contributed by atoms with Crippen LogP contribution in [0.4, 0.5) is 0 Å². The van der Waals surface area contributed by atoms with Crippen molar-refractivity contribution in [2.45, 2.75) is 51.7 Å². The molecule has 2 unspecified atom stereocenters. The summed E-state index contributed by atoms with van der Waals surface area (Å²) in [6.07, 6.45) is 7.09. The van der Waals surface area contributed by atoms with Crippen LogP contribution in [0.5, 0.6) is 0 Å². The van der Waals surface area contributed by atoms with Crippen LogP contribution in [0, 0.1) is 5.92 Å². The standard InChI is InChI=1S/C12H21N3O/c1-3-9(2)11(13)8-14-6-7-15(12(14)16)10-4-5-10/h6-7,9-11H,3-5,8,13H2,1-2H3. The topological polar surface area (TPSA) is 52.9 Å². The van der Waals surface area contributed by atoms with Gasteiger partial charge in [0.25, 0.3) is 0 Å². The SMILES string of the molecule is CCC(C)C(N)Cn1ccn(C2CC2)c1=O. The average Bonchev–Trinajstić information content (AvgIpc) is 3.05. The third-order valence-electron chi connectivity index (χ3n) is 3.60. The molecule has 1 aromatic heterocycles. The first-order valence-electron chi connectivity index (χ1n) is 6.16. The second kappa shape index (κ2) is 4.45. The monoisotopic (exact) mass is 223 g/mol. The average molecular weight is 223 g/mol. The minimum atomic E-state index is 0.0674. The van der Waals surface area contributed by atoms with Crippen molar-refractivity contribution in [2.75, 3.05) is 0 Å². The van der Waals surface area contributed by atoms with Crippen molar-refractivity contribution >= 4 is 0 Å². The van der Waals surface area contributed by atoms with E-state index in [9.17, 15) is 4.79 Å². The van der Waals surface area contributed by atoms with Gasteiger partial charge < -0.3 is 5.73 Å². The lowest BCUT2D eigenvalue weighted by atomic mass is 10.0. The first kappa shape index (κ1) is 11.5. The number of nitrogens with zero attached hydrogens (tertiary/aromatic N) is 2. The zero-order valence-electron chi connectivity index (χ0n) is 10.1. The van der Waals surface area contributed by atoms with Crippen LogP contribution in [-0.2, 0) is 6.54 Å². The molecule has 1 fully saturated rings. The molecule has 0 saturated heterocycles. The van der Waals surface area contributed by atoms with Gasteiger partial charge in [-0.15, -0.1) is 0 Å². The zero-order chi connectivity index (χ0) is 11.7. The molecule has 0 aromatic carbocycles. The van der Waals surface area contributed by atoms with Crippen LogP contribution in [0.3, 0.4) is 0 Å². The van der Waals surface area contributed by atoms with E-state index in [2.05, 4.69) is 13.8 Å². The molecule has 0 aliphatic heterocycles. The minimum absolute atomic E-state index is 0.0674. The summed E-state index contributed by atoms with van der Waals surface area (Å²) in [5.41, 5.74) is 6.16. The summed E-state index contributed by atoms with van der Waals surface area (Å²) in [7, 11) is 0. The van der Waals surface area contributed by atoms with Crippen molar-refractivity contribution in [1.82, 2.24) is 9.13 Å². The van der Waals surface area contributed by atoms with Gasteiger partial charge in [-0.25, -0.2) is 4.79 Å². The van der Waals surface area contributed by atoms with Gasteiger partial charge in [-0.2, -0.15) is 0 Å². The Kier molecular flexibility index (Phi) is 3.19. The van der Waals surface area contributed by atoms with E-state index in [1.54, 1.807) is 4.57 Å². The van der Waals surface area contributed by atoms with Crippen LogP contribution in [0.25, 0.3) is 0 Å². The fourth-order valence-corrected chi connectivity index (χ4v) is 1.91. The molecule has 4 nitrogen and oxygen atoms in total. The van der Waals surface area contributed by atoms with Gasteiger partial charge in [0.05, 0.1) is 0 Å². The van der Waals surface area contributed by atoms with E-state index >= 15 is 0 Å². The predicted molar refractivity (Wildman–Crippen MR) is 64.4 cm³/mol. The summed E-state index contributed by atoms with van der Waals surface area (Å²) in [6, 6.07) is 0.520. The van der Waals surface area contributed by atoms with Gasteiger partial charge in [0.2, 0.25) is 0 Å². The highest BCUT2D eigenvalue weighted by Gasteiger charge is 2.25. The summed E-state index contributed by atoms with van der Waals surface area (Å²) < 4.78 is 3.58. The highest BCUT2D eigenvalue weighted by Crippen LogP contribution is 2.33. The Hall–Kier alpha value is -1.03. The molecule has 16 heavy (non-hydrogen) atoms. The van der Waals surface area contributed by atoms with Crippen LogP contribution < -0.4 is 11.4 Å². The molecule has 2 N–H and O–H groups in total. The van der Waals surface area contributed by atoms with Gasteiger partial charge in [-0.3, -0.25) is 9.13 Å². The third kappa shape index (κ3) is 2.21. The maximum Gasteiger partial charge on any atom is 0.328 e. The van der Waals surface area contributed by atoms with E-state index in [4.69, 9.17) is 5.73 Å². The van der Waals surface area contributed by atoms with Crippen molar-refractivity contribution in [3.05, 3.63) is 22.9 Å². The summed E-state index contributed by atoms with van der Waals surface area (Å²) >= 11 is 0. The Morgan fingerprint density at radius 1 is 1.50 bits per heavy atom. The maximum atomic E-state index is 12.0. The smallest absolute Gasteiger partial charge is 0.326 e. The lowest BCUT2D eigenvalue weighted by Gasteiger charge is -2.18. The number of imidazole rings is 1. The Labute approximate surface area is 96.1 Å². The highest BCUT2D eigenvalue weighted by molar-refractivity contribution is 4.92. The van der Waals surface area contributed by atoms with Crippen LogP contribution in [-0.4, -0.2) is 15.2 Å². The van der Waals surface area contributed by atoms with Crippen LogP contribution >= 0.6 is 0 Å². The van der Waals surface area contributed by atoms with Gasteiger partial charge in [0.15, 0.2) is 0 Å². The molecule has 1 aliphatic rings. The molecule has 1 aliphatic carbocycles. The number of hydrogen-bond donors (Lipinski definition) is 1. The van der Waals surface area contributed by atoms with Gasteiger partial charge >= 0.3 is 5.69 Å². The van der Waals surface area contributed by atoms with Gasteiger partial charge in [-0.1, -0.05) is 20.3 Å². The number of aromatic nitrogens is 2. The summed E-state index contributed by atoms with van der Waals surface area (Å²) in [4.78, 5) is 12.0. The van der Waals surface area contributed by atoms with E-state index in [0.29, 0.717) is 18.5 Å².